The normalized spacial score (nSPS) is 10.2. The Kier molecular flexibility index (Phi) is 4.43. The molecule has 0 fully saturated rings. The monoisotopic (exact) mass is 196 g/mol. The number of aliphatic hydroxyl groups excluding tert-OH is 1. The summed E-state index contributed by atoms with van der Waals surface area (Å²) in [6, 6.07) is 5.65. The van der Waals surface area contributed by atoms with Gasteiger partial charge in [-0.15, -0.1) is 0 Å². The van der Waals surface area contributed by atoms with Crippen molar-refractivity contribution in [2.24, 2.45) is 0 Å². The van der Waals surface area contributed by atoms with Crippen LogP contribution in [0.25, 0.3) is 0 Å². The first-order valence-electron chi connectivity index (χ1n) is 4.68. The van der Waals surface area contributed by atoms with Gasteiger partial charge in [-0.05, 0) is 37.1 Å². The first-order chi connectivity index (χ1) is 6.76. The van der Waals surface area contributed by atoms with Crippen LogP contribution in [-0.4, -0.2) is 18.5 Å². The molecule has 78 valence electrons. The van der Waals surface area contributed by atoms with Crippen LogP contribution in [0.5, 0.6) is 5.75 Å². The summed E-state index contributed by atoms with van der Waals surface area (Å²) in [6.45, 7) is 4.81. The fourth-order valence-electron chi connectivity index (χ4n) is 1.19. The van der Waals surface area contributed by atoms with E-state index in [4.69, 9.17) is 14.6 Å². The van der Waals surface area contributed by atoms with E-state index in [0.29, 0.717) is 6.61 Å². The molecule has 1 N–H and O–H groups in total. The lowest BCUT2D eigenvalue weighted by atomic mass is 10.1. The molecule has 14 heavy (non-hydrogen) atoms. The van der Waals surface area contributed by atoms with E-state index in [2.05, 4.69) is 0 Å². The second-order valence-electron chi connectivity index (χ2n) is 3.07. The molecule has 1 aromatic carbocycles. The van der Waals surface area contributed by atoms with Crippen molar-refractivity contribution < 1.29 is 14.6 Å². The van der Waals surface area contributed by atoms with E-state index in [0.717, 1.165) is 16.9 Å². The Labute approximate surface area is 84.3 Å². The molecule has 3 nitrogen and oxygen atoms in total. The highest BCUT2D eigenvalue weighted by atomic mass is 16.7. The Bertz CT molecular complexity index is 284. The van der Waals surface area contributed by atoms with Gasteiger partial charge in [0.1, 0.15) is 5.75 Å². The van der Waals surface area contributed by atoms with E-state index in [1.54, 1.807) is 0 Å². The number of hydrogen-bond donors (Lipinski definition) is 1. The lowest BCUT2D eigenvalue weighted by molar-refractivity contribution is 0.0223. The summed E-state index contributed by atoms with van der Waals surface area (Å²) in [6.07, 6.45) is 0. The number of aliphatic hydroxyl groups is 1. The van der Waals surface area contributed by atoms with Gasteiger partial charge in [0.2, 0.25) is 0 Å². The van der Waals surface area contributed by atoms with Crippen molar-refractivity contribution in [2.45, 2.75) is 20.5 Å². The third-order valence-corrected chi connectivity index (χ3v) is 1.81. The molecule has 0 bridgehead atoms. The number of ether oxygens (including phenoxy) is 2. The minimum atomic E-state index is 0.0344. The molecule has 0 heterocycles. The maximum Gasteiger partial charge on any atom is 0.189 e. The van der Waals surface area contributed by atoms with Crippen LogP contribution in [0.2, 0.25) is 0 Å². The van der Waals surface area contributed by atoms with Crippen LogP contribution in [-0.2, 0) is 11.3 Å². The van der Waals surface area contributed by atoms with Gasteiger partial charge in [-0.1, -0.05) is 6.07 Å². The highest BCUT2D eigenvalue weighted by molar-refractivity contribution is 5.33. The van der Waals surface area contributed by atoms with Crippen LogP contribution in [0.15, 0.2) is 18.2 Å². The summed E-state index contributed by atoms with van der Waals surface area (Å²) in [5.41, 5.74) is 1.93. The van der Waals surface area contributed by atoms with Crippen LogP contribution in [0.4, 0.5) is 0 Å². The topological polar surface area (TPSA) is 38.7 Å². The van der Waals surface area contributed by atoms with E-state index in [1.807, 2.05) is 32.0 Å². The molecule has 0 aliphatic rings. The molecule has 0 aromatic heterocycles. The summed E-state index contributed by atoms with van der Waals surface area (Å²) in [5.74, 6) is 0.738. The van der Waals surface area contributed by atoms with Crippen LogP contribution < -0.4 is 4.74 Å². The van der Waals surface area contributed by atoms with Crippen molar-refractivity contribution in [3.8, 4) is 5.75 Å². The average molecular weight is 196 g/mol. The van der Waals surface area contributed by atoms with E-state index in [1.165, 1.54) is 0 Å². The van der Waals surface area contributed by atoms with Crippen molar-refractivity contribution in [1.82, 2.24) is 0 Å². The smallest absolute Gasteiger partial charge is 0.189 e. The minimum Gasteiger partial charge on any atom is -0.468 e. The van der Waals surface area contributed by atoms with Crippen LogP contribution >= 0.6 is 0 Å². The van der Waals surface area contributed by atoms with Gasteiger partial charge >= 0.3 is 0 Å². The molecule has 0 aliphatic heterocycles. The van der Waals surface area contributed by atoms with Crippen molar-refractivity contribution >= 4 is 0 Å². The lowest BCUT2D eigenvalue weighted by Gasteiger charge is -2.08. The second kappa shape index (κ2) is 5.62. The molecule has 0 atom stereocenters. The first kappa shape index (κ1) is 11.0. The van der Waals surface area contributed by atoms with E-state index >= 15 is 0 Å². The standard InChI is InChI=1S/C11H16O3/c1-3-13-8-14-11-5-9(2)4-10(6-11)7-12/h4-6,12H,3,7-8H2,1-2H3. The van der Waals surface area contributed by atoms with Crippen LogP contribution in [0, 0.1) is 6.92 Å². The van der Waals surface area contributed by atoms with Gasteiger partial charge in [0, 0.05) is 6.61 Å². The molecule has 0 saturated carbocycles. The molecule has 0 spiro atoms. The van der Waals surface area contributed by atoms with Crippen LogP contribution in [0.1, 0.15) is 18.1 Å². The Morgan fingerprint density at radius 2 is 2.07 bits per heavy atom. The number of benzene rings is 1. The summed E-state index contributed by atoms with van der Waals surface area (Å²) < 4.78 is 10.4. The zero-order chi connectivity index (χ0) is 10.4. The summed E-state index contributed by atoms with van der Waals surface area (Å²) in [4.78, 5) is 0. The van der Waals surface area contributed by atoms with E-state index in [9.17, 15) is 0 Å². The Hall–Kier alpha value is -1.06. The number of hydrogen-bond acceptors (Lipinski definition) is 3. The van der Waals surface area contributed by atoms with Gasteiger partial charge in [0.15, 0.2) is 6.79 Å². The van der Waals surface area contributed by atoms with Crippen molar-refractivity contribution in [3.05, 3.63) is 29.3 Å². The Morgan fingerprint density at radius 3 is 2.71 bits per heavy atom. The van der Waals surface area contributed by atoms with Gasteiger partial charge in [0.25, 0.3) is 0 Å². The molecule has 1 rings (SSSR count). The molecule has 0 unspecified atom stereocenters. The Balaban J connectivity index is 2.62. The lowest BCUT2D eigenvalue weighted by Crippen LogP contribution is -2.02. The zero-order valence-corrected chi connectivity index (χ0v) is 8.62. The summed E-state index contributed by atoms with van der Waals surface area (Å²) in [7, 11) is 0. The van der Waals surface area contributed by atoms with Gasteiger partial charge in [-0.3, -0.25) is 0 Å². The van der Waals surface area contributed by atoms with Gasteiger partial charge in [-0.25, -0.2) is 0 Å². The fourth-order valence-corrected chi connectivity index (χ4v) is 1.19. The van der Waals surface area contributed by atoms with E-state index < -0.39 is 0 Å². The molecule has 1 aromatic rings. The predicted octanol–water partition coefficient (Wildman–Crippen LogP) is 1.86. The number of aryl methyl sites for hydroxylation is 1. The highest BCUT2D eigenvalue weighted by Crippen LogP contribution is 2.16. The van der Waals surface area contributed by atoms with Crippen molar-refractivity contribution in [1.29, 1.82) is 0 Å². The number of rotatable bonds is 5. The molecule has 0 saturated heterocycles. The van der Waals surface area contributed by atoms with E-state index in [-0.39, 0.29) is 13.4 Å². The minimum absolute atomic E-state index is 0.0344. The maximum atomic E-state index is 8.97. The van der Waals surface area contributed by atoms with Crippen LogP contribution in [0.3, 0.4) is 0 Å². The zero-order valence-electron chi connectivity index (χ0n) is 8.62. The first-order valence-corrected chi connectivity index (χ1v) is 4.68. The molecule has 0 aliphatic carbocycles. The van der Waals surface area contributed by atoms with Gasteiger partial charge < -0.3 is 14.6 Å². The van der Waals surface area contributed by atoms with Crippen molar-refractivity contribution in [2.75, 3.05) is 13.4 Å². The second-order valence-corrected chi connectivity index (χ2v) is 3.07. The predicted molar refractivity (Wildman–Crippen MR) is 54.2 cm³/mol. The third kappa shape index (κ3) is 3.36. The molecule has 3 heteroatoms. The van der Waals surface area contributed by atoms with Crippen molar-refractivity contribution in [3.63, 3.8) is 0 Å². The fraction of sp³-hybridized carbons (Fsp3) is 0.455. The SMILES string of the molecule is CCOCOc1cc(C)cc(CO)c1. The maximum absolute atomic E-state index is 8.97. The molecular formula is C11H16O3. The van der Waals surface area contributed by atoms with Gasteiger partial charge in [0.05, 0.1) is 6.61 Å². The average Bonchev–Trinajstić information content (AvgIpc) is 2.17. The highest BCUT2D eigenvalue weighted by Gasteiger charge is 1.98. The third-order valence-electron chi connectivity index (χ3n) is 1.81. The quantitative estimate of drug-likeness (QED) is 0.577. The molecular weight excluding hydrogens is 180 g/mol. The van der Waals surface area contributed by atoms with Gasteiger partial charge in [-0.2, -0.15) is 0 Å². The largest absolute Gasteiger partial charge is 0.468 e. The molecule has 0 radical (unpaired) electrons. The molecule has 0 amide bonds. The Morgan fingerprint density at radius 1 is 1.29 bits per heavy atom. The summed E-state index contributed by atoms with van der Waals surface area (Å²) >= 11 is 0. The summed E-state index contributed by atoms with van der Waals surface area (Å²) in [5, 5.41) is 8.97.